The number of aromatic nitrogens is 2. The van der Waals surface area contributed by atoms with Crippen molar-refractivity contribution in [2.45, 2.75) is 6.42 Å². The molecule has 0 aliphatic carbocycles. The van der Waals surface area contributed by atoms with Crippen molar-refractivity contribution in [3.8, 4) is 22.8 Å². The molecule has 0 unspecified atom stereocenters. The number of furan rings is 1. The van der Waals surface area contributed by atoms with E-state index in [1.54, 1.807) is 62.8 Å². The Kier molecular flexibility index (Phi) is 7.93. The zero-order valence-corrected chi connectivity index (χ0v) is 20.7. The first-order valence-corrected chi connectivity index (χ1v) is 11.7. The fourth-order valence-corrected chi connectivity index (χ4v) is 4.02. The Morgan fingerprint density at radius 3 is 2.61 bits per heavy atom. The summed E-state index contributed by atoms with van der Waals surface area (Å²) in [5.74, 6) is 1.50. The van der Waals surface area contributed by atoms with Crippen LogP contribution in [0.15, 0.2) is 64.1 Å². The number of methoxy groups -OCH3 is 2. The normalized spacial score (nSPS) is 10.9. The Hall–Kier alpha value is -4.22. The van der Waals surface area contributed by atoms with E-state index in [-0.39, 0.29) is 17.5 Å². The number of ether oxygens (including phenoxy) is 2. The third kappa shape index (κ3) is 6.26. The second-order valence-corrected chi connectivity index (χ2v) is 8.67. The van der Waals surface area contributed by atoms with Gasteiger partial charge < -0.3 is 13.9 Å². The molecule has 2 N–H and O–H groups in total. The number of anilines is 1. The summed E-state index contributed by atoms with van der Waals surface area (Å²) in [6, 6.07) is 15.4. The second-order valence-electron chi connectivity index (χ2n) is 7.20. The Morgan fingerprint density at radius 1 is 1.08 bits per heavy atom. The number of nitrogens with one attached hydrogen (secondary N) is 2. The van der Waals surface area contributed by atoms with Crippen molar-refractivity contribution in [1.29, 1.82) is 0 Å². The molecule has 184 valence electrons. The summed E-state index contributed by atoms with van der Waals surface area (Å²) in [7, 11) is 3.09. The van der Waals surface area contributed by atoms with Gasteiger partial charge >= 0.3 is 0 Å². The van der Waals surface area contributed by atoms with E-state index in [0.717, 1.165) is 16.9 Å². The summed E-state index contributed by atoms with van der Waals surface area (Å²) in [5, 5.41) is 15.6. The molecule has 2 heterocycles. The number of hydrazone groups is 1. The average Bonchev–Trinajstić information content (AvgIpc) is 3.53. The number of benzene rings is 2. The van der Waals surface area contributed by atoms with Crippen molar-refractivity contribution in [1.82, 2.24) is 15.6 Å². The van der Waals surface area contributed by atoms with Gasteiger partial charge in [-0.05, 0) is 54.6 Å². The fourth-order valence-electron chi connectivity index (χ4n) is 3.03. The van der Waals surface area contributed by atoms with Gasteiger partial charge in [-0.2, -0.15) is 5.10 Å². The Bertz CT molecular complexity index is 1400. The molecule has 2 amide bonds. The van der Waals surface area contributed by atoms with E-state index >= 15 is 0 Å². The van der Waals surface area contributed by atoms with Gasteiger partial charge in [0.1, 0.15) is 28.0 Å². The molecule has 4 aromatic rings. The molecule has 0 spiro atoms. The first-order valence-electron chi connectivity index (χ1n) is 10.5. The van der Waals surface area contributed by atoms with Crippen molar-refractivity contribution in [2.75, 3.05) is 19.5 Å². The van der Waals surface area contributed by atoms with E-state index in [1.807, 2.05) is 6.07 Å². The van der Waals surface area contributed by atoms with Crippen LogP contribution in [0.5, 0.6) is 11.5 Å². The van der Waals surface area contributed by atoms with Crippen molar-refractivity contribution >= 4 is 46.1 Å². The van der Waals surface area contributed by atoms with Gasteiger partial charge in [0.05, 0.1) is 31.9 Å². The Balaban J connectivity index is 1.28. The summed E-state index contributed by atoms with van der Waals surface area (Å²) in [6.07, 6.45) is 1.33. The average molecular weight is 526 g/mol. The van der Waals surface area contributed by atoms with E-state index < -0.39 is 5.91 Å². The van der Waals surface area contributed by atoms with Crippen LogP contribution in [0.2, 0.25) is 5.02 Å². The summed E-state index contributed by atoms with van der Waals surface area (Å²) in [6.45, 7) is 0. The van der Waals surface area contributed by atoms with E-state index in [9.17, 15) is 9.59 Å². The van der Waals surface area contributed by atoms with Crippen molar-refractivity contribution in [3.05, 3.63) is 76.0 Å². The van der Waals surface area contributed by atoms with Crippen LogP contribution in [0.4, 0.5) is 5.13 Å². The van der Waals surface area contributed by atoms with E-state index in [2.05, 4.69) is 26.0 Å². The zero-order chi connectivity index (χ0) is 25.5. The maximum absolute atomic E-state index is 12.3. The van der Waals surface area contributed by atoms with Gasteiger partial charge in [-0.25, -0.2) is 5.43 Å². The molecule has 0 aliphatic rings. The highest BCUT2D eigenvalue weighted by Gasteiger charge is 2.13. The largest absolute Gasteiger partial charge is 0.497 e. The highest BCUT2D eigenvalue weighted by Crippen LogP contribution is 2.30. The highest BCUT2D eigenvalue weighted by atomic mass is 35.5. The topological polar surface area (TPSA) is 128 Å². The van der Waals surface area contributed by atoms with Gasteiger partial charge in [0.2, 0.25) is 11.0 Å². The van der Waals surface area contributed by atoms with Crippen LogP contribution in [-0.2, 0) is 11.2 Å². The lowest BCUT2D eigenvalue weighted by molar-refractivity contribution is -0.120. The van der Waals surface area contributed by atoms with Gasteiger partial charge in [0.25, 0.3) is 5.91 Å². The summed E-state index contributed by atoms with van der Waals surface area (Å²) >= 11 is 7.26. The summed E-state index contributed by atoms with van der Waals surface area (Å²) < 4.78 is 15.9. The van der Waals surface area contributed by atoms with Gasteiger partial charge in [-0.3, -0.25) is 14.9 Å². The monoisotopic (exact) mass is 525 g/mol. The number of hydrogen-bond donors (Lipinski definition) is 2. The Morgan fingerprint density at radius 2 is 1.89 bits per heavy atom. The van der Waals surface area contributed by atoms with Gasteiger partial charge in [-0.15, -0.1) is 10.2 Å². The first-order chi connectivity index (χ1) is 17.4. The van der Waals surface area contributed by atoms with Crippen LogP contribution in [0.25, 0.3) is 11.3 Å². The number of carbonyl (C=O) groups excluding carboxylic acids is 2. The first kappa shape index (κ1) is 24.9. The van der Waals surface area contributed by atoms with E-state index in [1.165, 1.54) is 6.21 Å². The van der Waals surface area contributed by atoms with Crippen molar-refractivity contribution in [2.24, 2.45) is 5.10 Å². The number of amides is 2. The minimum absolute atomic E-state index is 0.0544. The SMILES string of the molecule is COc1ccc(C(=O)Nc2nnc(CC(=O)N/N=C\c3ccc(-c4ccc(OC)c(Cl)c4)o3)s2)cc1. The van der Waals surface area contributed by atoms with E-state index in [0.29, 0.717) is 38.6 Å². The molecular formula is C24H20ClN5O5S. The number of carbonyl (C=O) groups is 2. The highest BCUT2D eigenvalue weighted by molar-refractivity contribution is 7.15. The molecule has 0 bridgehead atoms. The standard InChI is InChI=1S/C24H20ClN5O5S/c1-33-16-6-3-14(4-7-16)23(32)27-24-30-29-22(36-24)12-21(31)28-26-13-17-8-10-19(35-17)15-5-9-20(34-2)18(25)11-15/h3-11,13H,12H2,1-2H3,(H,28,31)(H,27,30,32)/b26-13-. The predicted octanol–water partition coefficient (Wildman–Crippen LogP) is 4.41. The third-order valence-electron chi connectivity index (χ3n) is 4.80. The molecule has 36 heavy (non-hydrogen) atoms. The minimum Gasteiger partial charge on any atom is -0.497 e. The fraction of sp³-hybridized carbons (Fsp3) is 0.125. The molecule has 0 atom stereocenters. The van der Waals surface area contributed by atoms with E-state index in [4.69, 9.17) is 25.5 Å². The minimum atomic E-state index is -0.399. The number of rotatable bonds is 9. The van der Waals surface area contributed by atoms with Crippen LogP contribution >= 0.6 is 22.9 Å². The molecular weight excluding hydrogens is 506 g/mol. The number of halogens is 1. The molecule has 2 aromatic carbocycles. The van der Waals surface area contributed by atoms with Crippen LogP contribution < -0.4 is 20.2 Å². The molecule has 0 saturated heterocycles. The second kappa shape index (κ2) is 11.5. The van der Waals surface area contributed by atoms with Gasteiger partial charge in [0.15, 0.2) is 0 Å². The van der Waals surface area contributed by atoms with Crippen LogP contribution in [-0.4, -0.2) is 42.4 Å². The van der Waals surface area contributed by atoms with Gasteiger partial charge in [0, 0.05) is 11.1 Å². The molecule has 10 nitrogen and oxygen atoms in total. The lowest BCUT2D eigenvalue weighted by Crippen LogP contribution is -2.19. The quantitative estimate of drug-likeness (QED) is 0.244. The summed E-state index contributed by atoms with van der Waals surface area (Å²) in [5.41, 5.74) is 3.63. The summed E-state index contributed by atoms with van der Waals surface area (Å²) in [4.78, 5) is 24.5. The van der Waals surface area contributed by atoms with Crippen LogP contribution in [0, 0.1) is 0 Å². The van der Waals surface area contributed by atoms with Crippen molar-refractivity contribution < 1.29 is 23.5 Å². The third-order valence-corrected chi connectivity index (χ3v) is 5.93. The molecule has 12 heteroatoms. The molecule has 0 radical (unpaired) electrons. The molecule has 0 fully saturated rings. The van der Waals surface area contributed by atoms with Gasteiger partial charge in [-0.1, -0.05) is 22.9 Å². The smallest absolute Gasteiger partial charge is 0.257 e. The number of nitrogens with zero attached hydrogens (tertiary/aromatic N) is 3. The van der Waals surface area contributed by atoms with Crippen LogP contribution in [0.3, 0.4) is 0 Å². The molecule has 4 rings (SSSR count). The molecule has 2 aromatic heterocycles. The molecule has 0 aliphatic heterocycles. The van der Waals surface area contributed by atoms with Crippen molar-refractivity contribution in [3.63, 3.8) is 0 Å². The lowest BCUT2D eigenvalue weighted by atomic mass is 10.2. The molecule has 0 saturated carbocycles. The lowest BCUT2D eigenvalue weighted by Gasteiger charge is -2.04. The number of hydrogen-bond acceptors (Lipinski definition) is 9. The zero-order valence-electron chi connectivity index (χ0n) is 19.1. The van der Waals surface area contributed by atoms with Crippen LogP contribution in [0.1, 0.15) is 21.1 Å². The maximum atomic E-state index is 12.3. The predicted molar refractivity (Wildman–Crippen MR) is 136 cm³/mol. The maximum Gasteiger partial charge on any atom is 0.257 e. The Labute approximate surface area is 214 Å².